The Hall–Kier alpha value is -1.53. The summed E-state index contributed by atoms with van der Waals surface area (Å²) in [6, 6.07) is 6.45. The number of ether oxygens (including phenoxy) is 1. The molecule has 0 fully saturated rings. The molecule has 0 aliphatic rings. The van der Waals surface area contributed by atoms with Gasteiger partial charge in [0.1, 0.15) is 18.4 Å². The molecule has 0 bridgehead atoms. The van der Waals surface area contributed by atoms with E-state index in [1.807, 2.05) is 0 Å². The Morgan fingerprint density at radius 2 is 1.81 bits per heavy atom. The molecule has 0 atom stereocenters. The lowest BCUT2D eigenvalue weighted by Crippen LogP contribution is -2.22. The highest BCUT2D eigenvalue weighted by atomic mass is 28.3. The van der Waals surface area contributed by atoms with Crippen LogP contribution >= 0.6 is 0 Å². The normalized spacial score (nSPS) is 11.9. The number of rotatable bonds is 6. The fourth-order valence-electron chi connectivity index (χ4n) is 1.85. The molecule has 0 aliphatic carbocycles. The van der Waals surface area contributed by atoms with Gasteiger partial charge in [0.25, 0.3) is 0 Å². The first kappa shape index (κ1) is 15.8. The van der Waals surface area contributed by atoms with Crippen LogP contribution in [0.3, 0.4) is 0 Å². The Labute approximate surface area is 124 Å². The number of halogens is 2. The zero-order valence-electron chi connectivity index (χ0n) is 12.6. The van der Waals surface area contributed by atoms with Gasteiger partial charge in [0.2, 0.25) is 0 Å². The first-order valence-electron chi connectivity index (χ1n) is 6.92. The van der Waals surface area contributed by atoms with Crippen molar-refractivity contribution in [3.63, 3.8) is 0 Å². The van der Waals surface area contributed by atoms with Crippen molar-refractivity contribution >= 4 is 8.07 Å². The van der Waals surface area contributed by atoms with Crippen LogP contribution in [0.4, 0.5) is 8.78 Å². The van der Waals surface area contributed by atoms with Crippen molar-refractivity contribution < 1.29 is 13.5 Å². The van der Waals surface area contributed by atoms with Crippen molar-refractivity contribution in [3.8, 4) is 11.3 Å². The number of aromatic nitrogens is 2. The standard InChI is InChI=1S/C15H20F2N2OSi/c1-21(2,3)10-9-20-11-19-8-7-14(18-19)15-12(16)5-4-6-13(15)17/h4-8H,9-11H2,1-3H3. The predicted molar refractivity (Wildman–Crippen MR) is 81.7 cm³/mol. The molecule has 0 saturated heterocycles. The van der Waals surface area contributed by atoms with E-state index >= 15 is 0 Å². The summed E-state index contributed by atoms with van der Waals surface area (Å²) in [5.41, 5.74) is 0.178. The molecule has 1 heterocycles. The molecule has 0 spiro atoms. The van der Waals surface area contributed by atoms with Crippen LogP contribution in [0, 0.1) is 11.6 Å². The summed E-state index contributed by atoms with van der Waals surface area (Å²) in [6.07, 6.45) is 1.66. The van der Waals surface area contributed by atoms with Gasteiger partial charge in [-0.05, 0) is 24.2 Å². The van der Waals surface area contributed by atoms with E-state index in [1.54, 1.807) is 16.9 Å². The molecule has 0 N–H and O–H groups in total. The minimum atomic E-state index is -1.11. The zero-order chi connectivity index (χ0) is 15.5. The maximum absolute atomic E-state index is 13.7. The summed E-state index contributed by atoms with van der Waals surface area (Å²) in [6.45, 7) is 7.82. The maximum Gasteiger partial charge on any atom is 0.139 e. The van der Waals surface area contributed by atoms with Crippen LogP contribution in [0.2, 0.25) is 25.7 Å². The molecule has 21 heavy (non-hydrogen) atoms. The van der Waals surface area contributed by atoms with E-state index in [-0.39, 0.29) is 11.3 Å². The first-order valence-corrected chi connectivity index (χ1v) is 10.6. The van der Waals surface area contributed by atoms with E-state index in [2.05, 4.69) is 24.7 Å². The van der Waals surface area contributed by atoms with Gasteiger partial charge in [0.05, 0.1) is 11.3 Å². The average Bonchev–Trinajstić information content (AvgIpc) is 2.82. The van der Waals surface area contributed by atoms with Crippen LogP contribution in [0.15, 0.2) is 30.5 Å². The van der Waals surface area contributed by atoms with Crippen LogP contribution in [0.5, 0.6) is 0 Å². The maximum atomic E-state index is 13.7. The second-order valence-corrected chi connectivity index (χ2v) is 11.8. The highest BCUT2D eigenvalue weighted by Crippen LogP contribution is 2.24. The van der Waals surface area contributed by atoms with E-state index in [1.165, 1.54) is 18.2 Å². The highest BCUT2D eigenvalue weighted by Gasteiger charge is 2.14. The lowest BCUT2D eigenvalue weighted by molar-refractivity contribution is 0.0787. The zero-order valence-corrected chi connectivity index (χ0v) is 13.6. The molecule has 1 aromatic carbocycles. The van der Waals surface area contributed by atoms with Gasteiger partial charge in [-0.25, -0.2) is 13.5 Å². The lowest BCUT2D eigenvalue weighted by Gasteiger charge is -2.15. The number of hydrogen-bond donors (Lipinski definition) is 0. The van der Waals surface area contributed by atoms with Crippen molar-refractivity contribution in [2.75, 3.05) is 6.61 Å². The molecular weight excluding hydrogens is 290 g/mol. The summed E-state index contributed by atoms with van der Waals surface area (Å²) in [7, 11) is -1.11. The summed E-state index contributed by atoms with van der Waals surface area (Å²) in [5.74, 6) is -1.22. The van der Waals surface area contributed by atoms with Gasteiger partial charge in [-0.1, -0.05) is 25.7 Å². The Morgan fingerprint density at radius 3 is 2.43 bits per heavy atom. The van der Waals surface area contributed by atoms with Crippen LogP contribution < -0.4 is 0 Å². The molecule has 114 valence electrons. The molecule has 2 rings (SSSR count). The van der Waals surface area contributed by atoms with Gasteiger partial charge in [-0.15, -0.1) is 0 Å². The molecule has 3 nitrogen and oxygen atoms in total. The average molecular weight is 310 g/mol. The third kappa shape index (κ3) is 4.47. The van der Waals surface area contributed by atoms with Crippen molar-refractivity contribution in [2.45, 2.75) is 32.4 Å². The molecule has 0 radical (unpaired) electrons. The van der Waals surface area contributed by atoms with Crippen LogP contribution in [0.1, 0.15) is 0 Å². The van der Waals surface area contributed by atoms with Crippen molar-refractivity contribution in [1.82, 2.24) is 9.78 Å². The molecule has 0 unspecified atom stereocenters. The lowest BCUT2D eigenvalue weighted by atomic mass is 10.1. The SMILES string of the molecule is C[Si](C)(C)CCOCn1ccc(-c2c(F)cccc2F)n1. The van der Waals surface area contributed by atoms with Gasteiger partial charge in [-0.2, -0.15) is 5.10 Å². The number of benzene rings is 1. The molecule has 1 aromatic heterocycles. The highest BCUT2D eigenvalue weighted by molar-refractivity contribution is 6.76. The van der Waals surface area contributed by atoms with E-state index < -0.39 is 19.7 Å². The Morgan fingerprint density at radius 1 is 1.14 bits per heavy atom. The molecule has 0 aliphatic heterocycles. The quantitative estimate of drug-likeness (QED) is 0.592. The second-order valence-electron chi connectivity index (χ2n) is 6.19. The number of hydrogen-bond acceptors (Lipinski definition) is 2. The minimum absolute atomic E-state index is 0.0988. The third-order valence-electron chi connectivity index (χ3n) is 3.08. The largest absolute Gasteiger partial charge is 0.360 e. The van der Waals surface area contributed by atoms with Crippen LogP contribution in [0.25, 0.3) is 11.3 Å². The molecule has 0 saturated carbocycles. The van der Waals surface area contributed by atoms with Gasteiger partial charge in [0, 0.05) is 20.9 Å². The van der Waals surface area contributed by atoms with Gasteiger partial charge < -0.3 is 4.74 Å². The fraction of sp³-hybridized carbons (Fsp3) is 0.400. The van der Waals surface area contributed by atoms with E-state index in [0.29, 0.717) is 13.3 Å². The third-order valence-corrected chi connectivity index (χ3v) is 4.78. The van der Waals surface area contributed by atoms with Gasteiger partial charge in [-0.3, -0.25) is 0 Å². The summed E-state index contributed by atoms with van der Waals surface area (Å²) >= 11 is 0. The monoisotopic (exact) mass is 310 g/mol. The predicted octanol–water partition coefficient (Wildman–Crippen LogP) is 4.14. The van der Waals surface area contributed by atoms with E-state index in [0.717, 1.165) is 6.04 Å². The smallest absolute Gasteiger partial charge is 0.139 e. The van der Waals surface area contributed by atoms with Crippen LogP contribution in [-0.4, -0.2) is 24.5 Å². The topological polar surface area (TPSA) is 27.1 Å². The Balaban J connectivity index is 1.99. The fourth-order valence-corrected chi connectivity index (χ4v) is 2.60. The van der Waals surface area contributed by atoms with Gasteiger partial charge >= 0.3 is 0 Å². The Kier molecular flexibility index (Phi) is 4.90. The molecule has 6 heteroatoms. The first-order chi connectivity index (χ1) is 9.87. The molecular formula is C15H20F2N2OSi. The summed E-state index contributed by atoms with van der Waals surface area (Å²) in [4.78, 5) is 0. The number of nitrogens with zero attached hydrogens (tertiary/aromatic N) is 2. The van der Waals surface area contributed by atoms with E-state index in [4.69, 9.17) is 4.74 Å². The summed E-state index contributed by atoms with van der Waals surface area (Å²) in [5, 5.41) is 4.16. The minimum Gasteiger partial charge on any atom is -0.360 e. The molecule has 0 amide bonds. The van der Waals surface area contributed by atoms with Crippen molar-refractivity contribution in [2.24, 2.45) is 0 Å². The second kappa shape index (κ2) is 6.49. The molecule has 2 aromatic rings. The summed E-state index contributed by atoms with van der Waals surface area (Å²) < 4.78 is 34.4. The van der Waals surface area contributed by atoms with Crippen molar-refractivity contribution in [1.29, 1.82) is 0 Å². The van der Waals surface area contributed by atoms with Gasteiger partial charge in [0.15, 0.2) is 0 Å². The Bertz CT molecular complexity index is 588. The van der Waals surface area contributed by atoms with E-state index in [9.17, 15) is 8.78 Å². The van der Waals surface area contributed by atoms with Crippen LogP contribution in [-0.2, 0) is 11.5 Å². The van der Waals surface area contributed by atoms with Crippen molar-refractivity contribution in [3.05, 3.63) is 42.1 Å².